The van der Waals surface area contributed by atoms with Crippen LogP contribution in [0.3, 0.4) is 0 Å². The molecule has 0 aliphatic heterocycles. The average Bonchev–Trinajstić information content (AvgIpc) is 2.41. The molecular weight excluding hydrogens is 263 g/mol. The fourth-order valence-electron chi connectivity index (χ4n) is 0.607. The summed E-state index contributed by atoms with van der Waals surface area (Å²) >= 11 is 11.2. The summed E-state index contributed by atoms with van der Waals surface area (Å²) in [5, 5.41) is 20.3. The van der Waals surface area contributed by atoms with Gasteiger partial charge in [-0.1, -0.05) is 23.2 Å². The average molecular weight is 269 g/mol. The van der Waals surface area contributed by atoms with Crippen LogP contribution in [0.5, 0.6) is 0 Å². The van der Waals surface area contributed by atoms with Crippen LogP contribution in [-0.2, 0) is 4.79 Å². The van der Waals surface area contributed by atoms with Crippen molar-refractivity contribution in [2.24, 2.45) is 4.99 Å². The van der Waals surface area contributed by atoms with E-state index in [4.69, 9.17) is 39.0 Å². The van der Waals surface area contributed by atoms with E-state index in [9.17, 15) is 4.79 Å². The van der Waals surface area contributed by atoms with Crippen LogP contribution in [0.4, 0.5) is 5.69 Å². The molecule has 17 heavy (non-hydrogen) atoms. The van der Waals surface area contributed by atoms with Crippen LogP contribution in [0.15, 0.2) is 23.2 Å². The molecule has 0 saturated carbocycles. The normalized spacial score (nSPS) is 6.12. The van der Waals surface area contributed by atoms with Gasteiger partial charge >= 0.3 is 0 Å². The van der Waals surface area contributed by atoms with Crippen molar-refractivity contribution in [2.45, 2.75) is 0 Å². The van der Waals surface area contributed by atoms with Gasteiger partial charge in [-0.05, 0) is 18.2 Å². The molecule has 1 aromatic carbocycles. The number of benzene rings is 1. The first-order chi connectivity index (χ1) is 8.24. The molecule has 0 N–H and O–H groups in total. The molecule has 0 unspecified atom stereocenters. The number of carbonyl (C=O) groups excluding carboxylic acids is 1. The highest BCUT2D eigenvalue weighted by atomic mass is 35.5. The smallest absolute Gasteiger partial charge is 0.211 e. The van der Waals surface area contributed by atoms with Crippen molar-refractivity contribution in [2.75, 3.05) is 0 Å². The summed E-state index contributed by atoms with van der Waals surface area (Å²) in [6.07, 6.45) is 1.40. The molecule has 5 nitrogen and oxygen atoms in total. The Balaban J connectivity index is -0.000000285. The summed E-state index contributed by atoms with van der Waals surface area (Å²) < 4.78 is 0. The Morgan fingerprint density at radius 1 is 1.00 bits per heavy atom. The number of aliphatic imine (C=N–C) groups is 1. The predicted octanol–water partition coefficient (Wildman–Crippen LogP) is 3.38. The maximum atomic E-state index is 9.80. The lowest BCUT2D eigenvalue weighted by Gasteiger charge is -1.93. The zero-order chi connectivity index (χ0) is 14.3. The lowest BCUT2D eigenvalue weighted by Crippen LogP contribution is -1.67. The highest BCUT2D eigenvalue weighted by Gasteiger charge is 1.96. The summed E-state index contributed by atoms with van der Waals surface area (Å²) in [7, 11) is 0. The van der Waals surface area contributed by atoms with Gasteiger partial charge in [-0.3, -0.25) is 0 Å². The second-order valence-electron chi connectivity index (χ2n) is 1.80. The lowest BCUT2D eigenvalue weighted by molar-refractivity contribution is 0.565. The van der Waals surface area contributed by atoms with Crippen LogP contribution in [0.1, 0.15) is 0 Å². The second kappa shape index (κ2) is 16.1. The van der Waals surface area contributed by atoms with E-state index in [1.165, 1.54) is 12.1 Å². The standard InChI is InChI=1S/C7H3Cl2NO.3CHN/c8-6-2-1-5(10-4-11)3-7(6)9;3*1-2/h1-3H;3*1H. The Kier molecular flexibility index (Phi) is 19.0. The molecule has 0 radical (unpaired) electrons. The molecule has 0 aliphatic carbocycles. The number of nitriles is 3. The highest BCUT2D eigenvalue weighted by Crippen LogP contribution is 2.25. The van der Waals surface area contributed by atoms with Gasteiger partial charge < -0.3 is 0 Å². The molecule has 0 atom stereocenters. The number of hydrogen-bond acceptors (Lipinski definition) is 5. The Labute approximate surface area is 109 Å². The van der Waals surface area contributed by atoms with Crippen LogP contribution in [0.2, 0.25) is 10.0 Å². The van der Waals surface area contributed by atoms with Gasteiger partial charge in [-0.25, -0.2) is 20.6 Å². The third kappa shape index (κ3) is 9.94. The van der Waals surface area contributed by atoms with E-state index < -0.39 is 0 Å². The third-order valence-electron chi connectivity index (χ3n) is 1.08. The molecule has 0 aromatic heterocycles. The van der Waals surface area contributed by atoms with E-state index in [0.717, 1.165) is 0 Å². The first-order valence-corrected chi connectivity index (χ1v) is 4.30. The molecule has 0 fully saturated rings. The van der Waals surface area contributed by atoms with E-state index in [1.54, 1.807) is 12.1 Å². The van der Waals surface area contributed by atoms with Gasteiger partial charge in [-0.15, -0.1) is 0 Å². The minimum Gasteiger partial charge on any atom is -0.211 e. The van der Waals surface area contributed by atoms with E-state index in [2.05, 4.69) is 24.7 Å². The Bertz CT molecular complexity index is 419. The Morgan fingerprint density at radius 3 is 1.82 bits per heavy atom. The van der Waals surface area contributed by atoms with Gasteiger partial charge in [0, 0.05) is 19.7 Å². The van der Waals surface area contributed by atoms with Crippen molar-refractivity contribution in [1.29, 1.82) is 15.8 Å². The second-order valence-corrected chi connectivity index (χ2v) is 2.62. The number of halogens is 2. The van der Waals surface area contributed by atoms with E-state index >= 15 is 0 Å². The van der Waals surface area contributed by atoms with E-state index in [0.29, 0.717) is 15.7 Å². The van der Waals surface area contributed by atoms with Crippen LogP contribution < -0.4 is 0 Å². The van der Waals surface area contributed by atoms with Gasteiger partial charge in [0.15, 0.2) is 0 Å². The van der Waals surface area contributed by atoms with Gasteiger partial charge in [0.1, 0.15) is 0 Å². The number of isocyanates is 1. The topological polar surface area (TPSA) is 101 Å². The third-order valence-corrected chi connectivity index (χ3v) is 1.82. The lowest BCUT2D eigenvalue weighted by atomic mass is 10.3. The first-order valence-electron chi connectivity index (χ1n) is 3.54. The molecule has 0 heterocycles. The SMILES string of the molecule is C#N.C#N.C#N.O=C=Nc1ccc(Cl)c(Cl)c1. The van der Waals surface area contributed by atoms with E-state index in [-0.39, 0.29) is 0 Å². The van der Waals surface area contributed by atoms with Gasteiger partial charge in [0.2, 0.25) is 6.08 Å². The van der Waals surface area contributed by atoms with Gasteiger partial charge in [-0.2, -0.15) is 4.99 Å². The molecular formula is C10H6Cl2N4O. The zero-order valence-electron chi connectivity index (χ0n) is 8.42. The molecule has 0 aliphatic rings. The number of rotatable bonds is 1. The predicted molar refractivity (Wildman–Crippen MR) is 64.3 cm³/mol. The summed E-state index contributed by atoms with van der Waals surface area (Å²) in [4.78, 5) is 13.2. The first kappa shape index (κ1) is 20.1. The van der Waals surface area contributed by atoms with Crippen molar-refractivity contribution in [1.82, 2.24) is 0 Å². The summed E-state index contributed by atoms with van der Waals surface area (Å²) in [5.74, 6) is 0. The van der Waals surface area contributed by atoms with E-state index in [1.807, 2.05) is 0 Å². The van der Waals surface area contributed by atoms with Crippen LogP contribution in [0, 0.1) is 35.5 Å². The summed E-state index contributed by atoms with van der Waals surface area (Å²) in [6.45, 7) is 10.5. The van der Waals surface area contributed by atoms with Crippen molar-refractivity contribution in [3.63, 3.8) is 0 Å². The molecule has 0 bridgehead atoms. The molecule has 1 aromatic rings. The number of nitrogens with zero attached hydrogens (tertiary/aromatic N) is 4. The van der Waals surface area contributed by atoms with Gasteiger partial charge in [0.25, 0.3) is 0 Å². The molecule has 0 saturated heterocycles. The summed E-state index contributed by atoms with van der Waals surface area (Å²) in [5.41, 5.74) is 0.453. The van der Waals surface area contributed by atoms with Crippen molar-refractivity contribution < 1.29 is 4.79 Å². The van der Waals surface area contributed by atoms with Crippen molar-refractivity contribution in [3.05, 3.63) is 28.2 Å². The van der Waals surface area contributed by atoms with Crippen molar-refractivity contribution in [3.8, 4) is 19.7 Å². The highest BCUT2D eigenvalue weighted by molar-refractivity contribution is 6.42. The van der Waals surface area contributed by atoms with Crippen molar-refractivity contribution >= 4 is 35.0 Å². The van der Waals surface area contributed by atoms with Crippen LogP contribution >= 0.6 is 23.2 Å². The van der Waals surface area contributed by atoms with Gasteiger partial charge in [0.05, 0.1) is 15.7 Å². The molecule has 86 valence electrons. The zero-order valence-corrected chi connectivity index (χ0v) is 9.93. The fourth-order valence-corrected chi connectivity index (χ4v) is 0.900. The fraction of sp³-hybridized carbons (Fsp3) is 0. The quantitative estimate of drug-likeness (QED) is 0.575. The Morgan fingerprint density at radius 2 is 1.47 bits per heavy atom. The molecule has 1 rings (SSSR count). The molecule has 7 heteroatoms. The van der Waals surface area contributed by atoms with Crippen LogP contribution in [-0.4, -0.2) is 6.08 Å². The van der Waals surface area contributed by atoms with Crippen LogP contribution in [0.25, 0.3) is 0 Å². The Hall–Kier alpha value is -2.35. The minimum absolute atomic E-state index is 0.378. The summed E-state index contributed by atoms with van der Waals surface area (Å²) in [6, 6.07) is 4.65. The largest absolute Gasteiger partial charge is 0.240 e. The molecule has 0 spiro atoms. The monoisotopic (exact) mass is 268 g/mol. The molecule has 0 amide bonds. The maximum Gasteiger partial charge on any atom is 0.240 e. The minimum atomic E-state index is 0.378. The number of hydrogen-bond donors (Lipinski definition) is 0. The maximum absolute atomic E-state index is 9.80.